The average molecular weight is 573 g/mol. The van der Waals surface area contributed by atoms with Gasteiger partial charge in [-0.2, -0.15) is 0 Å². The monoisotopic (exact) mass is 572 g/mol. The zero-order valence-electron chi connectivity index (χ0n) is 22.9. The minimum absolute atomic E-state index is 0.0248. The Hall–Kier alpha value is -5.19. The summed E-state index contributed by atoms with van der Waals surface area (Å²) in [5, 5.41) is 7.44. The lowest BCUT2D eigenvalue weighted by molar-refractivity contribution is -0.159. The summed E-state index contributed by atoms with van der Waals surface area (Å²) in [5.41, 5.74) is 2.42. The van der Waals surface area contributed by atoms with Crippen molar-refractivity contribution in [2.24, 2.45) is 10.9 Å². The van der Waals surface area contributed by atoms with Crippen molar-refractivity contribution in [2.75, 3.05) is 6.54 Å². The number of nitrogens with one attached hydrogen (secondary N) is 3. The lowest BCUT2D eigenvalue weighted by Gasteiger charge is -2.34. The van der Waals surface area contributed by atoms with Crippen molar-refractivity contribution in [1.29, 1.82) is 0 Å². The molecule has 218 valence electrons. The van der Waals surface area contributed by atoms with Crippen molar-refractivity contribution in [1.82, 2.24) is 16.0 Å². The van der Waals surface area contributed by atoms with E-state index >= 15 is 0 Å². The van der Waals surface area contributed by atoms with Gasteiger partial charge in [0.05, 0.1) is 5.92 Å². The Kier molecular flexibility index (Phi) is 11.0. The zero-order chi connectivity index (χ0) is 29.6. The Morgan fingerprint density at radius 1 is 0.690 bits per heavy atom. The third kappa shape index (κ3) is 9.47. The Bertz CT molecular complexity index is 1310. The van der Waals surface area contributed by atoms with E-state index in [0.717, 1.165) is 16.7 Å². The SMILES string of the molecule is O=C(NC(=NCCC[C@H]1C(=O)NC1C(=O)OCc1ccccc1)NC(=O)OCc1ccccc1)OCc1ccccc1. The Labute approximate surface area is 243 Å². The second kappa shape index (κ2) is 15.6. The van der Waals surface area contributed by atoms with Crippen LogP contribution >= 0.6 is 0 Å². The third-order valence-corrected chi connectivity index (χ3v) is 6.32. The predicted molar refractivity (Wildman–Crippen MR) is 153 cm³/mol. The van der Waals surface area contributed by atoms with E-state index in [1.165, 1.54) is 0 Å². The van der Waals surface area contributed by atoms with Crippen LogP contribution in [-0.2, 0) is 43.6 Å². The number of aliphatic imine (C=N–C) groups is 1. The second-order valence-electron chi connectivity index (χ2n) is 9.43. The van der Waals surface area contributed by atoms with Crippen LogP contribution in [0.2, 0.25) is 0 Å². The molecule has 42 heavy (non-hydrogen) atoms. The fourth-order valence-electron chi connectivity index (χ4n) is 4.08. The van der Waals surface area contributed by atoms with E-state index < -0.39 is 30.1 Å². The van der Waals surface area contributed by atoms with Gasteiger partial charge in [-0.1, -0.05) is 91.0 Å². The Morgan fingerprint density at radius 2 is 1.14 bits per heavy atom. The fourth-order valence-corrected chi connectivity index (χ4v) is 4.08. The summed E-state index contributed by atoms with van der Waals surface area (Å²) >= 11 is 0. The van der Waals surface area contributed by atoms with Crippen LogP contribution in [0.4, 0.5) is 9.59 Å². The molecule has 2 atom stereocenters. The number of amides is 3. The molecule has 4 rings (SSSR count). The van der Waals surface area contributed by atoms with Crippen LogP contribution in [0.1, 0.15) is 29.5 Å². The zero-order valence-corrected chi connectivity index (χ0v) is 22.9. The summed E-state index contributed by atoms with van der Waals surface area (Å²) < 4.78 is 15.8. The number of benzene rings is 3. The molecule has 3 amide bonds. The number of carbonyl (C=O) groups is 4. The van der Waals surface area contributed by atoms with Gasteiger partial charge in [0.15, 0.2) is 0 Å². The van der Waals surface area contributed by atoms with Crippen LogP contribution in [0.15, 0.2) is 96.0 Å². The van der Waals surface area contributed by atoms with Crippen molar-refractivity contribution < 1.29 is 33.4 Å². The summed E-state index contributed by atoms with van der Waals surface area (Å²) in [7, 11) is 0. The molecule has 11 nitrogen and oxygen atoms in total. The van der Waals surface area contributed by atoms with Crippen LogP contribution < -0.4 is 16.0 Å². The molecule has 0 aromatic heterocycles. The number of hydrogen-bond acceptors (Lipinski definition) is 8. The van der Waals surface area contributed by atoms with E-state index in [1.54, 1.807) is 0 Å². The smallest absolute Gasteiger partial charge is 0.414 e. The average Bonchev–Trinajstić information content (AvgIpc) is 3.01. The summed E-state index contributed by atoms with van der Waals surface area (Å²) in [4.78, 5) is 53.7. The number of nitrogens with zero attached hydrogens (tertiary/aromatic N) is 1. The summed E-state index contributed by atoms with van der Waals surface area (Å²) in [5.74, 6) is -1.47. The van der Waals surface area contributed by atoms with Gasteiger partial charge in [0, 0.05) is 6.54 Å². The van der Waals surface area contributed by atoms with Gasteiger partial charge in [0.1, 0.15) is 25.9 Å². The molecule has 1 heterocycles. The number of rotatable bonds is 11. The van der Waals surface area contributed by atoms with E-state index in [-0.39, 0.29) is 38.2 Å². The van der Waals surface area contributed by atoms with Crippen molar-refractivity contribution in [3.63, 3.8) is 0 Å². The van der Waals surface area contributed by atoms with Crippen LogP contribution in [0.25, 0.3) is 0 Å². The minimum Gasteiger partial charge on any atom is -0.459 e. The van der Waals surface area contributed by atoms with Crippen molar-refractivity contribution >= 4 is 30.0 Å². The van der Waals surface area contributed by atoms with Crippen LogP contribution in [0.5, 0.6) is 0 Å². The molecule has 0 aliphatic carbocycles. The Morgan fingerprint density at radius 3 is 1.60 bits per heavy atom. The second-order valence-corrected chi connectivity index (χ2v) is 9.43. The maximum Gasteiger partial charge on any atom is 0.414 e. The molecule has 0 saturated carbocycles. The maximum absolute atomic E-state index is 12.5. The number of ether oxygens (including phenoxy) is 3. The quantitative estimate of drug-likeness (QED) is 0.0791. The lowest BCUT2D eigenvalue weighted by Crippen LogP contribution is -2.62. The molecule has 1 saturated heterocycles. The largest absolute Gasteiger partial charge is 0.459 e. The molecule has 3 N–H and O–H groups in total. The van der Waals surface area contributed by atoms with Gasteiger partial charge < -0.3 is 19.5 Å². The molecule has 0 spiro atoms. The summed E-state index contributed by atoms with van der Waals surface area (Å²) in [6.07, 6.45) is -0.892. The molecule has 1 aliphatic rings. The molecule has 1 unspecified atom stereocenters. The molecular weight excluding hydrogens is 540 g/mol. The van der Waals surface area contributed by atoms with Gasteiger partial charge in [-0.05, 0) is 29.5 Å². The lowest BCUT2D eigenvalue weighted by atomic mass is 9.86. The standard InChI is InChI=1S/C31H32N4O7/c36-27-25(26(33-27)28(37)40-19-22-11-4-1-5-12-22)17-10-18-32-29(34-30(38)41-20-23-13-6-2-7-14-23)35-31(39)42-21-24-15-8-3-9-16-24/h1-9,11-16,25-26H,10,17-21H2,(H,33,36)(H2,32,34,35,38,39)/t25-,26?/m1/s1. The van der Waals surface area contributed by atoms with Gasteiger partial charge in [-0.3, -0.25) is 20.4 Å². The molecule has 3 aromatic carbocycles. The highest BCUT2D eigenvalue weighted by atomic mass is 16.6. The predicted octanol–water partition coefficient (Wildman–Crippen LogP) is 3.83. The number of alkyl carbamates (subject to hydrolysis) is 2. The van der Waals surface area contributed by atoms with Crippen molar-refractivity contribution in [2.45, 2.75) is 38.7 Å². The summed E-state index contributed by atoms with van der Waals surface area (Å²) in [6.45, 7) is 0.307. The number of esters is 1. The van der Waals surface area contributed by atoms with Crippen molar-refractivity contribution in [3.8, 4) is 0 Å². The molecular formula is C31H32N4O7. The first-order chi connectivity index (χ1) is 20.5. The number of hydrogen-bond donors (Lipinski definition) is 3. The minimum atomic E-state index is -0.819. The number of β-lactam (4-membered cyclic amide) rings is 1. The third-order valence-electron chi connectivity index (χ3n) is 6.32. The van der Waals surface area contributed by atoms with E-state index in [2.05, 4.69) is 20.9 Å². The van der Waals surface area contributed by atoms with Crippen LogP contribution in [0.3, 0.4) is 0 Å². The normalized spacial score (nSPS) is 15.3. The van der Waals surface area contributed by atoms with Gasteiger partial charge in [-0.25, -0.2) is 14.4 Å². The molecule has 11 heteroatoms. The van der Waals surface area contributed by atoms with Crippen LogP contribution in [-0.4, -0.2) is 42.6 Å². The highest BCUT2D eigenvalue weighted by molar-refractivity contribution is 6.01. The van der Waals surface area contributed by atoms with E-state index in [4.69, 9.17) is 14.2 Å². The molecule has 1 fully saturated rings. The summed E-state index contributed by atoms with van der Waals surface area (Å²) in [6, 6.07) is 26.7. The first kappa shape index (κ1) is 29.8. The Balaban J connectivity index is 1.28. The fraction of sp³-hybridized carbons (Fsp3) is 0.258. The maximum atomic E-state index is 12.5. The molecule has 1 aliphatic heterocycles. The van der Waals surface area contributed by atoms with Gasteiger partial charge >= 0.3 is 18.2 Å². The van der Waals surface area contributed by atoms with E-state index in [1.807, 2.05) is 91.0 Å². The highest BCUT2D eigenvalue weighted by Gasteiger charge is 2.44. The van der Waals surface area contributed by atoms with Gasteiger partial charge in [0.2, 0.25) is 11.9 Å². The number of guanidine groups is 1. The first-order valence-electron chi connectivity index (χ1n) is 13.5. The molecule has 0 radical (unpaired) electrons. The van der Waals surface area contributed by atoms with Gasteiger partial charge in [-0.15, -0.1) is 0 Å². The van der Waals surface area contributed by atoms with Gasteiger partial charge in [0.25, 0.3) is 0 Å². The first-order valence-corrected chi connectivity index (χ1v) is 13.5. The molecule has 3 aromatic rings. The van der Waals surface area contributed by atoms with E-state index in [0.29, 0.717) is 12.8 Å². The topological polar surface area (TPSA) is 144 Å². The van der Waals surface area contributed by atoms with Crippen molar-refractivity contribution in [3.05, 3.63) is 108 Å². The van der Waals surface area contributed by atoms with E-state index in [9.17, 15) is 19.2 Å². The number of carbonyl (C=O) groups excluding carboxylic acids is 4. The van der Waals surface area contributed by atoms with Crippen LogP contribution in [0, 0.1) is 5.92 Å². The highest BCUT2D eigenvalue weighted by Crippen LogP contribution is 2.22. The molecule has 0 bridgehead atoms.